The Kier molecular flexibility index (Phi) is 8.62. The highest BCUT2D eigenvalue weighted by Crippen LogP contribution is 2.06. The average Bonchev–Trinajstić information content (AvgIpc) is 2.31. The molecule has 102 valence electrons. The largest absolute Gasteiger partial charge is 0.478 e. The molecule has 0 spiro atoms. The SMILES string of the molecule is C=C(C)C(=O)OCCCCCCC=C(C)C(=O)O. The predicted octanol–water partition coefficient (Wildman–Crippen LogP) is 3.09. The van der Waals surface area contributed by atoms with Gasteiger partial charge in [0.15, 0.2) is 0 Å². The summed E-state index contributed by atoms with van der Waals surface area (Å²) >= 11 is 0. The highest BCUT2D eigenvalue weighted by Gasteiger charge is 2.01. The molecule has 0 heterocycles. The zero-order valence-electron chi connectivity index (χ0n) is 11.2. The lowest BCUT2D eigenvalue weighted by atomic mass is 10.1. The highest BCUT2D eigenvalue weighted by atomic mass is 16.5. The number of ether oxygens (including phenoxy) is 1. The summed E-state index contributed by atoms with van der Waals surface area (Å²) in [6.07, 6.45) is 6.30. The van der Waals surface area contributed by atoms with E-state index in [1.54, 1.807) is 19.9 Å². The third-order valence-electron chi connectivity index (χ3n) is 2.47. The number of hydrogen-bond donors (Lipinski definition) is 1. The van der Waals surface area contributed by atoms with Gasteiger partial charge in [-0.25, -0.2) is 9.59 Å². The van der Waals surface area contributed by atoms with Crippen molar-refractivity contribution in [2.75, 3.05) is 6.61 Å². The minimum absolute atomic E-state index is 0.338. The maximum Gasteiger partial charge on any atom is 0.333 e. The van der Waals surface area contributed by atoms with Gasteiger partial charge in [0.1, 0.15) is 0 Å². The molecule has 18 heavy (non-hydrogen) atoms. The highest BCUT2D eigenvalue weighted by molar-refractivity contribution is 5.86. The molecule has 0 atom stereocenters. The molecule has 0 saturated heterocycles. The fourth-order valence-electron chi connectivity index (χ4n) is 1.29. The van der Waals surface area contributed by atoms with Crippen LogP contribution in [-0.4, -0.2) is 23.7 Å². The molecule has 0 bridgehead atoms. The van der Waals surface area contributed by atoms with Crippen LogP contribution in [0, 0.1) is 0 Å². The van der Waals surface area contributed by atoms with E-state index in [1.807, 2.05) is 0 Å². The summed E-state index contributed by atoms with van der Waals surface area (Å²) in [5.74, 6) is -1.20. The molecule has 0 saturated carbocycles. The number of carbonyl (C=O) groups excluding carboxylic acids is 1. The van der Waals surface area contributed by atoms with Crippen LogP contribution >= 0.6 is 0 Å². The number of carboxylic acid groups (broad SMARTS) is 1. The first-order valence-corrected chi connectivity index (χ1v) is 6.18. The van der Waals surface area contributed by atoms with Crippen molar-refractivity contribution in [2.24, 2.45) is 0 Å². The molecule has 0 aliphatic carbocycles. The smallest absolute Gasteiger partial charge is 0.333 e. The zero-order valence-corrected chi connectivity index (χ0v) is 11.2. The van der Waals surface area contributed by atoms with E-state index in [0.717, 1.165) is 32.1 Å². The normalized spacial score (nSPS) is 11.1. The van der Waals surface area contributed by atoms with E-state index in [2.05, 4.69) is 6.58 Å². The first-order valence-electron chi connectivity index (χ1n) is 6.18. The average molecular weight is 254 g/mol. The van der Waals surface area contributed by atoms with Gasteiger partial charge in [0.05, 0.1) is 6.61 Å². The second-order valence-electron chi connectivity index (χ2n) is 4.31. The number of allylic oxidation sites excluding steroid dienone is 1. The lowest BCUT2D eigenvalue weighted by Crippen LogP contribution is -2.05. The fourth-order valence-corrected chi connectivity index (χ4v) is 1.29. The molecule has 1 N–H and O–H groups in total. The van der Waals surface area contributed by atoms with Gasteiger partial charge in [-0.3, -0.25) is 0 Å². The van der Waals surface area contributed by atoms with E-state index in [0.29, 0.717) is 17.8 Å². The first kappa shape index (κ1) is 16.4. The molecule has 0 radical (unpaired) electrons. The summed E-state index contributed by atoms with van der Waals surface area (Å²) in [5.41, 5.74) is 0.815. The quantitative estimate of drug-likeness (QED) is 0.390. The predicted molar refractivity (Wildman–Crippen MR) is 70.3 cm³/mol. The number of carbonyl (C=O) groups is 2. The third kappa shape index (κ3) is 8.56. The summed E-state index contributed by atoms with van der Waals surface area (Å²) in [6, 6.07) is 0. The van der Waals surface area contributed by atoms with Crippen molar-refractivity contribution in [3.63, 3.8) is 0 Å². The number of unbranched alkanes of at least 4 members (excludes halogenated alkanes) is 4. The fraction of sp³-hybridized carbons (Fsp3) is 0.571. The van der Waals surface area contributed by atoms with Crippen molar-refractivity contribution in [3.8, 4) is 0 Å². The van der Waals surface area contributed by atoms with E-state index in [-0.39, 0.29) is 5.97 Å². The summed E-state index contributed by atoms with van der Waals surface area (Å²) in [6.45, 7) is 7.14. The van der Waals surface area contributed by atoms with Gasteiger partial charge >= 0.3 is 11.9 Å². The molecule has 0 fully saturated rings. The Hall–Kier alpha value is -1.58. The topological polar surface area (TPSA) is 63.6 Å². The molecule has 0 aromatic rings. The molecule has 0 unspecified atom stereocenters. The van der Waals surface area contributed by atoms with Gasteiger partial charge in [-0.15, -0.1) is 0 Å². The number of aliphatic carboxylic acids is 1. The summed E-state index contributed by atoms with van der Waals surface area (Å²) < 4.78 is 4.95. The Bertz CT molecular complexity index is 329. The van der Waals surface area contributed by atoms with Gasteiger partial charge in [-0.2, -0.15) is 0 Å². The second-order valence-corrected chi connectivity index (χ2v) is 4.31. The van der Waals surface area contributed by atoms with Crippen molar-refractivity contribution in [1.29, 1.82) is 0 Å². The Morgan fingerprint density at radius 1 is 1.17 bits per heavy atom. The summed E-state index contributed by atoms with van der Waals surface area (Å²) in [7, 11) is 0. The number of esters is 1. The lowest BCUT2D eigenvalue weighted by Gasteiger charge is -2.03. The lowest BCUT2D eigenvalue weighted by molar-refractivity contribution is -0.139. The van der Waals surface area contributed by atoms with Gasteiger partial charge in [0, 0.05) is 11.1 Å². The number of rotatable bonds is 9. The molecular formula is C14H22O4. The molecule has 4 heteroatoms. The monoisotopic (exact) mass is 254 g/mol. The molecular weight excluding hydrogens is 232 g/mol. The maximum atomic E-state index is 11.0. The van der Waals surface area contributed by atoms with E-state index in [9.17, 15) is 9.59 Å². The number of carboxylic acids is 1. The first-order chi connectivity index (χ1) is 8.45. The Morgan fingerprint density at radius 3 is 2.33 bits per heavy atom. The third-order valence-corrected chi connectivity index (χ3v) is 2.47. The van der Waals surface area contributed by atoms with Crippen LogP contribution in [0.15, 0.2) is 23.8 Å². The van der Waals surface area contributed by atoms with Gasteiger partial charge in [0.2, 0.25) is 0 Å². The van der Waals surface area contributed by atoms with Crippen LogP contribution in [-0.2, 0) is 14.3 Å². The van der Waals surface area contributed by atoms with Gasteiger partial charge in [-0.05, 0) is 33.1 Å². The summed E-state index contributed by atoms with van der Waals surface area (Å²) in [5, 5.41) is 8.63. The van der Waals surface area contributed by atoms with Gasteiger partial charge in [-0.1, -0.05) is 25.5 Å². The molecule has 0 aliphatic rings. The van der Waals surface area contributed by atoms with E-state index in [1.165, 1.54) is 0 Å². The Morgan fingerprint density at radius 2 is 1.78 bits per heavy atom. The summed E-state index contributed by atoms with van der Waals surface area (Å²) in [4.78, 5) is 21.5. The standard InChI is InChI=1S/C14H22O4/c1-11(2)14(17)18-10-8-6-4-5-7-9-12(3)13(15)16/h9H,1,4-8,10H2,2-3H3,(H,15,16). The minimum Gasteiger partial charge on any atom is -0.478 e. The molecule has 0 rings (SSSR count). The molecule has 0 aliphatic heterocycles. The van der Waals surface area contributed by atoms with Crippen LogP contribution in [0.3, 0.4) is 0 Å². The van der Waals surface area contributed by atoms with Crippen molar-refractivity contribution in [1.82, 2.24) is 0 Å². The van der Waals surface area contributed by atoms with Crippen LogP contribution < -0.4 is 0 Å². The maximum absolute atomic E-state index is 11.0. The van der Waals surface area contributed by atoms with Gasteiger partial charge in [0.25, 0.3) is 0 Å². The Labute approximate surface area is 108 Å². The van der Waals surface area contributed by atoms with Crippen LogP contribution in [0.1, 0.15) is 46.0 Å². The molecule has 0 aromatic heterocycles. The number of hydrogen-bond acceptors (Lipinski definition) is 3. The van der Waals surface area contributed by atoms with Crippen LogP contribution in [0.5, 0.6) is 0 Å². The Balaban J connectivity index is 3.42. The molecule has 4 nitrogen and oxygen atoms in total. The van der Waals surface area contributed by atoms with E-state index >= 15 is 0 Å². The second kappa shape index (κ2) is 9.45. The molecule has 0 aromatic carbocycles. The van der Waals surface area contributed by atoms with E-state index < -0.39 is 5.97 Å². The molecule has 0 amide bonds. The van der Waals surface area contributed by atoms with E-state index in [4.69, 9.17) is 9.84 Å². The minimum atomic E-state index is -0.860. The van der Waals surface area contributed by atoms with Crippen LogP contribution in [0.4, 0.5) is 0 Å². The van der Waals surface area contributed by atoms with Crippen LogP contribution in [0.25, 0.3) is 0 Å². The zero-order chi connectivity index (χ0) is 14.0. The van der Waals surface area contributed by atoms with Crippen molar-refractivity contribution >= 4 is 11.9 Å². The van der Waals surface area contributed by atoms with Crippen molar-refractivity contribution in [3.05, 3.63) is 23.8 Å². The van der Waals surface area contributed by atoms with Crippen molar-refractivity contribution < 1.29 is 19.4 Å². The van der Waals surface area contributed by atoms with Gasteiger partial charge < -0.3 is 9.84 Å². The van der Waals surface area contributed by atoms with Crippen molar-refractivity contribution in [2.45, 2.75) is 46.0 Å². The van der Waals surface area contributed by atoms with Crippen LogP contribution in [0.2, 0.25) is 0 Å².